The van der Waals surface area contributed by atoms with Crippen molar-refractivity contribution in [3.05, 3.63) is 35.1 Å². The van der Waals surface area contributed by atoms with Crippen LogP contribution in [0.1, 0.15) is 24.5 Å². The zero-order valence-corrected chi connectivity index (χ0v) is 7.97. The maximum absolute atomic E-state index is 13.1. The van der Waals surface area contributed by atoms with E-state index in [1.54, 1.807) is 6.07 Å². The van der Waals surface area contributed by atoms with Gasteiger partial charge in [-0.15, -0.1) is 0 Å². The molecule has 2 rings (SSSR count). The van der Waals surface area contributed by atoms with Crippen molar-refractivity contribution in [1.29, 1.82) is 0 Å². The highest BCUT2D eigenvalue weighted by atomic mass is 19.1. The fourth-order valence-electron chi connectivity index (χ4n) is 1.86. The molecule has 13 heavy (non-hydrogen) atoms. The van der Waals surface area contributed by atoms with Crippen LogP contribution in [0.2, 0.25) is 0 Å². The summed E-state index contributed by atoms with van der Waals surface area (Å²) in [6, 6.07) is 5.06. The average Bonchev–Trinajstić information content (AvgIpc) is 2.59. The first kappa shape index (κ1) is 8.70. The van der Waals surface area contributed by atoms with Crippen LogP contribution in [0.15, 0.2) is 18.2 Å². The molecule has 1 fully saturated rings. The van der Waals surface area contributed by atoms with Crippen LogP contribution < -0.4 is 5.73 Å². The van der Waals surface area contributed by atoms with Crippen LogP contribution in [0, 0.1) is 18.7 Å². The standard InChI is InChI=1S/C11H14FN/c1-7-3-9(5-10(12)4-7)11(13)6-8(11)2/h3-5,8H,6,13H2,1-2H3. The first-order valence-corrected chi connectivity index (χ1v) is 4.59. The van der Waals surface area contributed by atoms with Crippen molar-refractivity contribution < 1.29 is 4.39 Å². The highest BCUT2D eigenvalue weighted by Gasteiger charge is 2.49. The van der Waals surface area contributed by atoms with E-state index in [1.807, 2.05) is 13.0 Å². The van der Waals surface area contributed by atoms with Crippen LogP contribution in [0.5, 0.6) is 0 Å². The molecule has 1 saturated carbocycles. The van der Waals surface area contributed by atoms with Gasteiger partial charge in [-0.05, 0) is 42.5 Å². The monoisotopic (exact) mass is 179 g/mol. The maximum atomic E-state index is 13.1. The van der Waals surface area contributed by atoms with Crippen LogP contribution in [0.4, 0.5) is 4.39 Å². The lowest BCUT2D eigenvalue weighted by Crippen LogP contribution is -2.21. The maximum Gasteiger partial charge on any atom is 0.123 e. The van der Waals surface area contributed by atoms with E-state index in [1.165, 1.54) is 6.07 Å². The van der Waals surface area contributed by atoms with Gasteiger partial charge in [0.15, 0.2) is 0 Å². The van der Waals surface area contributed by atoms with Crippen molar-refractivity contribution in [3.63, 3.8) is 0 Å². The molecule has 0 bridgehead atoms. The van der Waals surface area contributed by atoms with Crippen molar-refractivity contribution in [2.24, 2.45) is 11.7 Å². The molecule has 0 aliphatic heterocycles. The van der Waals surface area contributed by atoms with Crippen molar-refractivity contribution >= 4 is 0 Å². The minimum atomic E-state index is -0.257. The second-order valence-electron chi connectivity index (χ2n) is 4.16. The zero-order chi connectivity index (χ0) is 9.64. The van der Waals surface area contributed by atoms with Crippen LogP contribution >= 0.6 is 0 Å². The first-order valence-electron chi connectivity index (χ1n) is 4.59. The molecule has 0 amide bonds. The third-order valence-electron chi connectivity index (χ3n) is 2.94. The Labute approximate surface area is 77.8 Å². The van der Waals surface area contributed by atoms with Crippen LogP contribution in [-0.4, -0.2) is 0 Å². The molecule has 0 saturated heterocycles. The van der Waals surface area contributed by atoms with Gasteiger partial charge in [0.1, 0.15) is 5.82 Å². The fraction of sp³-hybridized carbons (Fsp3) is 0.455. The number of benzene rings is 1. The number of nitrogens with two attached hydrogens (primary N) is 1. The molecule has 1 aromatic rings. The van der Waals surface area contributed by atoms with E-state index in [0.29, 0.717) is 5.92 Å². The summed E-state index contributed by atoms with van der Waals surface area (Å²) >= 11 is 0. The lowest BCUT2D eigenvalue weighted by atomic mass is 10.0. The van der Waals surface area contributed by atoms with E-state index in [9.17, 15) is 4.39 Å². The van der Waals surface area contributed by atoms with Crippen LogP contribution in [-0.2, 0) is 5.54 Å². The predicted octanol–water partition coefficient (Wildman–Crippen LogP) is 2.33. The van der Waals surface area contributed by atoms with Crippen LogP contribution in [0.25, 0.3) is 0 Å². The van der Waals surface area contributed by atoms with E-state index in [0.717, 1.165) is 17.5 Å². The molecule has 1 aliphatic rings. The van der Waals surface area contributed by atoms with Gasteiger partial charge in [-0.2, -0.15) is 0 Å². The van der Waals surface area contributed by atoms with Gasteiger partial charge in [-0.25, -0.2) is 4.39 Å². The summed E-state index contributed by atoms with van der Waals surface area (Å²) in [6.07, 6.45) is 0.968. The Morgan fingerprint density at radius 1 is 1.46 bits per heavy atom. The van der Waals surface area contributed by atoms with Gasteiger partial charge in [0.05, 0.1) is 0 Å². The minimum absolute atomic E-state index is 0.182. The molecule has 1 nitrogen and oxygen atoms in total. The van der Waals surface area contributed by atoms with Gasteiger partial charge in [-0.1, -0.05) is 13.0 Å². The molecule has 2 N–H and O–H groups in total. The molecular formula is C11H14FN. The summed E-state index contributed by atoms with van der Waals surface area (Å²) < 4.78 is 13.1. The molecule has 0 radical (unpaired) electrons. The van der Waals surface area contributed by atoms with E-state index in [2.05, 4.69) is 6.92 Å². The Morgan fingerprint density at radius 2 is 2.08 bits per heavy atom. The highest BCUT2D eigenvalue weighted by molar-refractivity contribution is 5.34. The van der Waals surface area contributed by atoms with Gasteiger partial charge in [0.2, 0.25) is 0 Å². The molecular weight excluding hydrogens is 165 g/mol. The predicted molar refractivity (Wildman–Crippen MR) is 50.8 cm³/mol. The largest absolute Gasteiger partial charge is 0.321 e. The molecule has 70 valence electrons. The van der Waals surface area contributed by atoms with Crippen LogP contribution in [0.3, 0.4) is 0 Å². The van der Waals surface area contributed by atoms with Crippen molar-refractivity contribution in [2.75, 3.05) is 0 Å². The summed E-state index contributed by atoms with van der Waals surface area (Å²) in [7, 11) is 0. The molecule has 0 heterocycles. The average molecular weight is 179 g/mol. The molecule has 2 unspecified atom stereocenters. The number of aryl methyl sites for hydroxylation is 1. The lowest BCUT2D eigenvalue weighted by Gasteiger charge is -2.11. The molecule has 0 aromatic heterocycles. The molecule has 2 heteroatoms. The van der Waals surface area contributed by atoms with E-state index in [-0.39, 0.29) is 11.4 Å². The summed E-state index contributed by atoms with van der Waals surface area (Å²) in [5.41, 5.74) is 7.71. The molecule has 1 aliphatic carbocycles. The number of rotatable bonds is 1. The van der Waals surface area contributed by atoms with Gasteiger partial charge >= 0.3 is 0 Å². The highest BCUT2D eigenvalue weighted by Crippen LogP contribution is 2.49. The van der Waals surface area contributed by atoms with Crippen molar-refractivity contribution in [2.45, 2.75) is 25.8 Å². The number of hydrogen-bond acceptors (Lipinski definition) is 1. The van der Waals surface area contributed by atoms with Crippen molar-refractivity contribution in [3.8, 4) is 0 Å². The van der Waals surface area contributed by atoms with Gasteiger partial charge in [-0.3, -0.25) is 0 Å². The molecule has 0 spiro atoms. The Bertz CT molecular complexity index is 328. The third-order valence-corrected chi connectivity index (χ3v) is 2.94. The third kappa shape index (κ3) is 1.35. The summed E-state index contributed by atoms with van der Waals surface area (Å²) in [4.78, 5) is 0. The second kappa shape index (κ2) is 2.55. The van der Waals surface area contributed by atoms with Gasteiger partial charge in [0.25, 0.3) is 0 Å². The zero-order valence-electron chi connectivity index (χ0n) is 7.97. The Kier molecular flexibility index (Phi) is 1.70. The first-order chi connectivity index (χ1) is 6.02. The Balaban J connectivity index is 2.42. The summed E-state index contributed by atoms with van der Waals surface area (Å²) in [5, 5.41) is 0. The lowest BCUT2D eigenvalue weighted by molar-refractivity contribution is 0.608. The SMILES string of the molecule is Cc1cc(F)cc(C2(N)CC2C)c1. The smallest absolute Gasteiger partial charge is 0.123 e. The molecule has 1 aromatic carbocycles. The normalized spacial score (nSPS) is 31.8. The van der Waals surface area contributed by atoms with Crippen molar-refractivity contribution in [1.82, 2.24) is 0 Å². The molecule has 2 atom stereocenters. The van der Waals surface area contributed by atoms with E-state index >= 15 is 0 Å². The summed E-state index contributed by atoms with van der Waals surface area (Å²) in [5.74, 6) is 0.299. The van der Waals surface area contributed by atoms with Gasteiger partial charge < -0.3 is 5.73 Å². The quantitative estimate of drug-likeness (QED) is 0.703. The van der Waals surface area contributed by atoms with E-state index in [4.69, 9.17) is 5.73 Å². The van der Waals surface area contributed by atoms with E-state index < -0.39 is 0 Å². The summed E-state index contributed by atoms with van der Waals surface area (Å²) in [6.45, 7) is 3.99. The Hall–Kier alpha value is -0.890. The topological polar surface area (TPSA) is 26.0 Å². The van der Waals surface area contributed by atoms with Gasteiger partial charge in [0, 0.05) is 5.54 Å². The fourth-order valence-corrected chi connectivity index (χ4v) is 1.86. The number of halogens is 1. The number of hydrogen-bond donors (Lipinski definition) is 1. The second-order valence-corrected chi connectivity index (χ2v) is 4.16. The Morgan fingerprint density at radius 3 is 2.54 bits per heavy atom. The minimum Gasteiger partial charge on any atom is -0.321 e.